The van der Waals surface area contributed by atoms with Crippen LogP contribution >= 0.6 is 0 Å². The fourth-order valence-electron chi connectivity index (χ4n) is 2.40. The molecule has 2 aromatic rings. The van der Waals surface area contributed by atoms with Gasteiger partial charge >= 0.3 is 6.18 Å². The molecule has 0 atom stereocenters. The van der Waals surface area contributed by atoms with Crippen LogP contribution in [0, 0.1) is 0 Å². The molecule has 0 N–H and O–H groups in total. The molecule has 0 aromatic heterocycles. The molecular formula is C15H10F3NO3S. The number of rotatable bonds is 1. The van der Waals surface area contributed by atoms with E-state index in [9.17, 15) is 26.4 Å². The number of anilines is 1. The van der Waals surface area contributed by atoms with Gasteiger partial charge in [-0.05, 0) is 30.3 Å². The molecule has 0 fully saturated rings. The van der Waals surface area contributed by atoms with E-state index in [1.54, 1.807) is 6.07 Å². The van der Waals surface area contributed by atoms with E-state index in [-0.39, 0.29) is 16.1 Å². The molecule has 8 heteroatoms. The van der Waals surface area contributed by atoms with Crippen LogP contribution in [0.1, 0.15) is 15.9 Å². The Morgan fingerprint density at radius 2 is 1.74 bits per heavy atom. The van der Waals surface area contributed by atoms with Crippen molar-refractivity contribution in [2.75, 3.05) is 10.8 Å². The third-order valence-corrected chi connectivity index (χ3v) is 5.09. The normalized spacial score (nSPS) is 16.2. The van der Waals surface area contributed by atoms with Crippen LogP contribution < -0.4 is 4.90 Å². The summed E-state index contributed by atoms with van der Waals surface area (Å²) in [5.41, 5.74) is -1.000. The molecule has 0 aliphatic carbocycles. The molecule has 0 bridgehead atoms. The number of amides is 1. The molecule has 0 unspecified atom stereocenters. The Hall–Kier alpha value is -2.35. The van der Waals surface area contributed by atoms with E-state index in [4.69, 9.17) is 0 Å². The number of sulfone groups is 1. The van der Waals surface area contributed by atoms with Crippen molar-refractivity contribution < 1.29 is 26.4 Å². The van der Waals surface area contributed by atoms with E-state index in [0.717, 1.165) is 23.1 Å². The standard InChI is InChI=1S/C15H10F3NO3S/c16-15(17,18)11-5-3-4-10(8-11)14(20)19-9-23(21,22)13-7-2-1-6-12(13)19/h1-8H,9H2. The minimum Gasteiger partial charge on any atom is -0.292 e. The Bertz CT molecular complexity index is 891. The quantitative estimate of drug-likeness (QED) is 0.801. The zero-order valence-corrected chi connectivity index (χ0v) is 12.4. The number of nitrogens with zero attached hydrogens (tertiary/aromatic N) is 1. The summed E-state index contributed by atoms with van der Waals surface area (Å²) in [7, 11) is -3.66. The lowest BCUT2D eigenvalue weighted by Gasteiger charge is -2.16. The Morgan fingerprint density at radius 3 is 2.43 bits per heavy atom. The molecule has 1 aliphatic heterocycles. The van der Waals surface area contributed by atoms with Crippen molar-refractivity contribution >= 4 is 21.4 Å². The molecule has 0 saturated heterocycles. The number of hydrogen-bond acceptors (Lipinski definition) is 3. The van der Waals surface area contributed by atoms with Gasteiger partial charge in [0.15, 0.2) is 9.84 Å². The van der Waals surface area contributed by atoms with Crippen molar-refractivity contribution in [3.8, 4) is 0 Å². The third kappa shape index (κ3) is 2.70. The van der Waals surface area contributed by atoms with Crippen LogP contribution in [-0.2, 0) is 16.0 Å². The van der Waals surface area contributed by atoms with Crippen LogP contribution in [0.2, 0.25) is 0 Å². The molecule has 3 rings (SSSR count). The summed E-state index contributed by atoms with van der Waals surface area (Å²) in [5.74, 6) is -1.37. The maximum absolute atomic E-state index is 12.7. The number of alkyl halides is 3. The number of carbonyl (C=O) groups is 1. The predicted molar refractivity (Wildman–Crippen MR) is 76.7 cm³/mol. The van der Waals surface area contributed by atoms with Gasteiger partial charge in [-0.2, -0.15) is 13.2 Å². The number of benzene rings is 2. The van der Waals surface area contributed by atoms with Gasteiger partial charge in [0.2, 0.25) is 0 Å². The van der Waals surface area contributed by atoms with Crippen molar-refractivity contribution in [2.45, 2.75) is 11.1 Å². The highest BCUT2D eigenvalue weighted by molar-refractivity contribution is 7.92. The first kappa shape index (κ1) is 15.5. The summed E-state index contributed by atoms with van der Waals surface area (Å²) in [4.78, 5) is 13.4. The lowest BCUT2D eigenvalue weighted by Crippen LogP contribution is -2.30. The minimum absolute atomic E-state index is 0.000302. The second-order valence-corrected chi connectivity index (χ2v) is 6.95. The zero-order valence-electron chi connectivity index (χ0n) is 11.5. The predicted octanol–water partition coefficient (Wildman–Crippen LogP) is 3.10. The number of para-hydroxylation sites is 1. The van der Waals surface area contributed by atoms with Crippen LogP contribution in [0.3, 0.4) is 0 Å². The number of fused-ring (bicyclic) bond motifs is 1. The van der Waals surface area contributed by atoms with Gasteiger partial charge in [-0.3, -0.25) is 9.69 Å². The number of hydrogen-bond donors (Lipinski definition) is 0. The van der Waals surface area contributed by atoms with E-state index < -0.39 is 33.4 Å². The fourth-order valence-corrected chi connectivity index (χ4v) is 3.92. The lowest BCUT2D eigenvalue weighted by molar-refractivity contribution is -0.137. The van der Waals surface area contributed by atoms with Crippen LogP contribution in [0.25, 0.3) is 0 Å². The van der Waals surface area contributed by atoms with E-state index in [1.807, 2.05) is 0 Å². The first-order chi connectivity index (χ1) is 10.7. The van der Waals surface area contributed by atoms with Gasteiger partial charge in [-0.25, -0.2) is 8.42 Å². The molecule has 0 radical (unpaired) electrons. The van der Waals surface area contributed by atoms with E-state index in [0.29, 0.717) is 0 Å². The van der Waals surface area contributed by atoms with Crippen LogP contribution in [0.5, 0.6) is 0 Å². The minimum atomic E-state index is -4.58. The Labute approximate surface area is 130 Å². The highest BCUT2D eigenvalue weighted by Gasteiger charge is 2.37. The van der Waals surface area contributed by atoms with Gasteiger partial charge in [-0.1, -0.05) is 18.2 Å². The molecule has 1 aliphatic rings. The smallest absolute Gasteiger partial charge is 0.292 e. The number of carbonyl (C=O) groups excluding carboxylic acids is 1. The van der Waals surface area contributed by atoms with Gasteiger partial charge in [-0.15, -0.1) is 0 Å². The largest absolute Gasteiger partial charge is 0.416 e. The molecule has 4 nitrogen and oxygen atoms in total. The van der Waals surface area contributed by atoms with Crippen LogP contribution in [0.15, 0.2) is 53.4 Å². The topological polar surface area (TPSA) is 54.5 Å². The summed E-state index contributed by atoms with van der Waals surface area (Å²) in [6.07, 6.45) is -4.58. The van der Waals surface area contributed by atoms with E-state index >= 15 is 0 Å². The molecule has 0 saturated carbocycles. The molecule has 2 aromatic carbocycles. The maximum Gasteiger partial charge on any atom is 0.416 e. The second kappa shape index (κ2) is 5.09. The highest BCUT2D eigenvalue weighted by atomic mass is 32.2. The summed E-state index contributed by atoms with van der Waals surface area (Å²) in [5, 5.41) is 0. The first-order valence-corrected chi connectivity index (χ1v) is 8.16. The fraction of sp³-hybridized carbons (Fsp3) is 0.133. The molecule has 23 heavy (non-hydrogen) atoms. The summed E-state index contributed by atoms with van der Waals surface area (Å²) >= 11 is 0. The third-order valence-electron chi connectivity index (χ3n) is 3.47. The summed E-state index contributed by atoms with van der Waals surface area (Å²) in [6.45, 7) is 0. The van der Waals surface area contributed by atoms with Gasteiger partial charge in [0, 0.05) is 5.56 Å². The average molecular weight is 341 g/mol. The summed E-state index contributed by atoms with van der Waals surface area (Å²) < 4.78 is 62.4. The highest BCUT2D eigenvalue weighted by Crippen LogP contribution is 2.35. The lowest BCUT2D eigenvalue weighted by atomic mass is 10.1. The van der Waals surface area contributed by atoms with Crippen molar-refractivity contribution in [1.82, 2.24) is 0 Å². The molecular weight excluding hydrogens is 331 g/mol. The maximum atomic E-state index is 12.7. The number of halogens is 3. The van der Waals surface area contributed by atoms with Gasteiger partial charge in [0.1, 0.15) is 5.88 Å². The first-order valence-electron chi connectivity index (χ1n) is 6.51. The van der Waals surface area contributed by atoms with E-state index in [1.165, 1.54) is 24.3 Å². The average Bonchev–Trinajstić information content (AvgIpc) is 2.78. The molecule has 1 amide bonds. The molecule has 120 valence electrons. The van der Waals surface area contributed by atoms with Crippen LogP contribution in [-0.4, -0.2) is 20.2 Å². The summed E-state index contributed by atoms with van der Waals surface area (Å²) in [6, 6.07) is 9.81. The SMILES string of the molecule is O=C(c1cccc(C(F)(F)F)c1)N1CS(=O)(=O)c2ccccc21. The van der Waals surface area contributed by atoms with E-state index in [2.05, 4.69) is 0 Å². The van der Waals surface area contributed by atoms with Crippen molar-refractivity contribution in [3.05, 3.63) is 59.7 Å². The Morgan fingerprint density at radius 1 is 1.04 bits per heavy atom. The Kier molecular flexibility index (Phi) is 3.44. The molecule has 1 heterocycles. The van der Waals surface area contributed by atoms with Crippen LogP contribution in [0.4, 0.5) is 18.9 Å². The van der Waals surface area contributed by atoms with Gasteiger partial charge in [0.05, 0.1) is 16.1 Å². The zero-order chi connectivity index (χ0) is 16.8. The van der Waals surface area contributed by atoms with Crippen molar-refractivity contribution in [1.29, 1.82) is 0 Å². The second-order valence-electron chi connectivity index (χ2n) is 5.02. The van der Waals surface area contributed by atoms with Gasteiger partial charge < -0.3 is 0 Å². The monoisotopic (exact) mass is 341 g/mol. The van der Waals surface area contributed by atoms with Crippen molar-refractivity contribution in [2.24, 2.45) is 0 Å². The van der Waals surface area contributed by atoms with Crippen molar-refractivity contribution in [3.63, 3.8) is 0 Å². The Balaban J connectivity index is 2.03. The molecule has 0 spiro atoms. The van der Waals surface area contributed by atoms with Gasteiger partial charge in [0.25, 0.3) is 5.91 Å².